The van der Waals surface area contributed by atoms with Gasteiger partial charge in [-0.05, 0) is 51.1 Å². The number of benzene rings is 2. The summed E-state index contributed by atoms with van der Waals surface area (Å²) in [5.41, 5.74) is 5.41. The molecule has 1 aliphatic rings. The zero-order chi connectivity index (χ0) is 19.8. The maximum atomic E-state index is 12.3. The first-order chi connectivity index (χ1) is 13.4. The summed E-state index contributed by atoms with van der Waals surface area (Å²) in [5.74, 6) is -0.218. The van der Waals surface area contributed by atoms with Crippen LogP contribution in [0.5, 0.6) is 0 Å². The zero-order valence-corrected chi connectivity index (χ0v) is 16.5. The first kappa shape index (κ1) is 18.2. The van der Waals surface area contributed by atoms with Gasteiger partial charge >= 0.3 is 5.97 Å². The van der Waals surface area contributed by atoms with E-state index in [9.17, 15) is 4.79 Å². The molecule has 5 nitrogen and oxygen atoms in total. The Morgan fingerprint density at radius 3 is 2.21 bits per heavy atom. The number of carbonyl (C=O) groups is 1. The van der Waals surface area contributed by atoms with Crippen LogP contribution in [0.4, 0.5) is 0 Å². The minimum absolute atomic E-state index is 0.198. The fourth-order valence-corrected chi connectivity index (χ4v) is 3.22. The molecule has 2 aromatic carbocycles. The summed E-state index contributed by atoms with van der Waals surface area (Å²) < 4.78 is 6.98. The van der Waals surface area contributed by atoms with Gasteiger partial charge in [0.05, 0.1) is 11.4 Å². The van der Waals surface area contributed by atoms with Crippen LogP contribution in [-0.2, 0) is 9.53 Å². The van der Waals surface area contributed by atoms with Crippen molar-refractivity contribution in [1.82, 2.24) is 9.78 Å². The molecule has 0 N–H and O–H groups in total. The summed E-state index contributed by atoms with van der Waals surface area (Å²) >= 11 is 6.56. The van der Waals surface area contributed by atoms with Crippen LogP contribution in [0.3, 0.4) is 0 Å². The van der Waals surface area contributed by atoms with Crippen LogP contribution < -0.4 is 0 Å². The van der Waals surface area contributed by atoms with E-state index in [2.05, 4.69) is 10.1 Å². The van der Waals surface area contributed by atoms with Crippen LogP contribution in [0, 0.1) is 20.8 Å². The van der Waals surface area contributed by atoms with E-state index in [1.807, 2.05) is 69.3 Å². The van der Waals surface area contributed by atoms with Crippen LogP contribution in [0.2, 0.25) is 5.15 Å². The first-order valence-corrected chi connectivity index (χ1v) is 9.22. The monoisotopic (exact) mass is 391 g/mol. The molecule has 0 radical (unpaired) electrons. The molecule has 0 amide bonds. The van der Waals surface area contributed by atoms with Crippen molar-refractivity contribution in [3.8, 4) is 5.69 Å². The summed E-state index contributed by atoms with van der Waals surface area (Å²) in [6, 6.07) is 15.5. The summed E-state index contributed by atoms with van der Waals surface area (Å²) in [6.45, 7) is 5.85. The van der Waals surface area contributed by atoms with Crippen LogP contribution in [-0.4, -0.2) is 21.6 Å². The molecule has 0 spiro atoms. The Balaban J connectivity index is 1.71. The normalized spacial score (nSPS) is 15.1. The summed E-state index contributed by atoms with van der Waals surface area (Å²) in [5, 5.41) is 4.92. The van der Waals surface area contributed by atoms with Crippen molar-refractivity contribution in [3.05, 3.63) is 87.3 Å². The highest BCUT2D eigenvalue weighted by atomic mass is 35.5. The van der Waals surface area contributed by atoms with Crippen LogP contribution in [0.15, 0.2) is 59.2 Å². The third-order valence-electron chi connectivity index (χ3n) is 4.53. The van der Waals surface area contributed by atoms with Gasteiger partial charge in [-0.3, -0.25) is 0 Å². The Labute approximate surface area is 167 Å². The molecule has 0 saturated heterocycles. The second-order valence-corrected chi connectivity index (χ2v) is 7.10. The largest absolute Gasteiger partial charge is 0.402 e. The second kappa shape index (κ2) is 7.09. The lowest BCUT2D eigenvalue weighted by Crippen LogP contribution is -2.05. The van der Waals surface area contributed by atoms with Gasteiger partial charge in [0.15, 0.2) is 5.70 Å². The van der Waals surface area contributed by atoms with Gasteiger partial charge in [0, 0.05) is 11.1 Å². The molecule has 0 bridgehead atoms. The molecule has 0 saturated carbocycles. The number of cyclic esters (lactones) is 1. The molecule has 0 aliphatic carbocycles. The minimum Gasteiger partial charge on any atom is -0.402 e. The first-order valence-electron chi connectivity index (χ1n) is 8.84. The van der Waals surface area contributed by atoms with Gasteiger partial charge in [-0.15, -0.1) is 0 Å². The van der Waals surface area contributed by atoms with Gasteiger partial charge < -0.3 is 4.74 Å². The molecular weight excluding hydrogens is 374 g/mol. The summed E-state index contributed by atoms with van der Waals surface area (Å²) in [7, 11) is 0. The van der Waals surface area contributed by atoms with Crippen molar-refractivity contribution < 1.29 is 9.53 Å². The summed E-state index contributed by atoms with van der Waals surface area (Å²) in [4.78, 5) is 16.6. The quantitative estimate of drug-likeness (QED) is 0.476. The number of esters is 1. The zero-order valence-electron chi connectivity index (χ0n) is 15.7. The van der Waals surface area contributed by atoms with E-state index in [4.69, 9.17) is 16.3 Å². The molecule has 140 valence electrons. The topological polar surface area (TPSA) is 56.5 Å². The van der Waals surface area contributed by atoms with E-state index in [1.165, 1.54) is 0 Å². The van der Waals surface area contributed by atoms with Crippen molar-refractivity contribution in [2.24, 2.45) is 4.99 Å². The van der Waals surface area contributed by atoms with Gasteiger partial charge in [-0.25, -0.2) is 14.5 Å². The van der Waals surface area contributed by atoms with E-state index in [0.717, 1.165) is 22.4 Å². The number of aliphatic imine (C=N–C) groups is 1. The Bertz CT molecular complexity index is 1120. The van der Waals surface area contributed by atoms with E-state index in [-0.39, 0.29) is 11.6 Å². The molecule has 0 atom stereocenters. The predicted molar refractivity (Wildman–Crippen MR) is 110 cm³/mol. The van der Waals surface area contributed by atoms with Gasteiger partial charge in [0.1, 0.15) is 5.15 Å². The van der Waals surface area contributed by atoms with Crippen molar-refractivity contribution >= 4 is 29.5 Å². The number of aromatic nitrogens is 2. The van der Waals surface area contributed by atoms with Gasteiger partial charge in [0.2, 0.25) is 5.90 Å². The SMILES string of the molecule is Cc1ccc(C2=N/C(=C\c3c(C)nn(-c4ccc(C)cc4)c3Cl)C(=O)O2)cc1. The highest BCUT2D eigenvalue weighted by molar-refractivity contribution is 6.31. The Morgan fingerprint density at radius 1 is 0.964 bits per heavy atom. The van der Waals surface area contributed by atoms with Gasteiger partial charge in [-0.2, -0.15) is 5.10 Å². The number of hydrogen-bond donors (Lipinski definition) is 0. The van der Waals surface area contributed by atoms with Crippen molar-refractivity contribution in [2.45, 2.75) is 20.8 Å². The smallest absolute Gasteiger partial charge is 0.363 e. The van der Waals surface area contributed by atoms with Gasteiger partial charge in [-0.1, -0.05) is 47.0 Å². The highest BCUT2D eigenvalue weighted by Gasteiger charge is 2.25. The highest BCUT2D eigenvalue weighted by Crippen LogP contribution is 2.28. The Morgan fingerprint density at radius 2 is 1.57 bits per heavy atom. The molecule has 3 aromatic rings. The average Bonchev–Trinajstić information content (AvgIpc) is 3.18. The fourth-order valence-electron chi connectivity index (χ4n) is 2.90. The van der Waals surface area contributed by atoms with Crippen LogP contribution in [0.25, 0.3) is 11.8 Å². The minimum atomic E-state index is -0.505. The van der Waals surface area contributed by atoms with Gasteiger partial charge in [0.25, 0.3) is 0 Å². The number of rotatable bonds is 3. The van der Waals surface area contributed by atoms with E-state index >= 15 is 0 Å². The predicted octanol–water partition coefficient (Wildman–Crippen LogP) is 4.80. The Hall–Kier alpha value is -3.18. The molecule has 1 aliphatic heterocycles. The third-order valence-corrected chi connectivity index (χ3v) is 4.89. The van der Waals surface area contributed by atoms with Crippen molar-refractivity contribution in [1.29, 1.82) is 0 Å². The fraction of sp³-hybridized carbons (Fsp3) is 0.136. The third kappa shape index (κ3) is 3.37. The molecule has 1 aromatic heterocycles. The lowest BCUT2D eigenvalue weighted by Gasteiger charge is -2.03. The molecular formula is C22H18ClN3O2. The number of ether oxygens (including phenoxy) is 1. The molecule has 0 unspecified atom stereocenters. The second-order valence-electron chi connectivity index (χ2n) is 6.74. The number of hydrogen-bond acceptors (Lipinski definition) is 4. The van der Waals surface area contributed by atoms with Crippen LogP contribution >= 0.6 is 11.6 Å². The standard InChI is InChI=1S/C22H18ClN3O2/c1-13-4-8-16(9-5-13)21-24-19(22(27)28-21)12-18-15(3)25-26(20(18)23)17-10-6-14(2)7-11-17/h4-12H,1-3H3/b19-12-. The lowest BCUT2D eigenvalue weighted by atomic mass is 10.1. The maximum absolute atomic E-state index is 12.3. The Kier molecular flexibility index (Phi) is 4.61. The van der Waals surface area contributed by atoms with E-state index < -0.39 is 5.97 Å². The molecule has 6 heteroatoms. The molecule has 4 rings (SSSR count). The number of nitrogens with zero attached hydrogens (tertiary/aromatic N) is 3. The summed E-state index contributed by atoms with van der Waals surface area (Å²) in [6.07, 6.45) is 1.62. The van der Waals surface area contributed by atoms with Crippen LogP contribution in [0.1, 0.15) is 27.9 Å². The van der Waals surface area contributed by atoms with Crippen molar-refractivity contribution in [3.63, 3.8) is 0 Å². The van der Waals surface area contributed by atoms with E-state index in [0.29, 0.717) is 16.4 Å². The number of carbonyl (C=O) groups excluding carboxylic acids is 1. The molecule has 28 heavy (non-hydrogen) atoms. The lowest BCUT2D eigenvalue weighted by molar-refractivity contribution is -0.129. The molecule has 2 heterocycles. The average molecular weight is 392 g/mol. The van der Waals surface area contributed by atoms with Crippen molar-refractivity contribution in [2.75, 3.05) is 0 Å². The van der Waals surface area contributed by atoms with E-state index in [1.54, 1.807) is 10.8 Å². The number of halogens is 1. The molecule has 0 fully saturated rings. The number of aryl methyl sites for hydroxylation is 3. The maximum Gasteiger partial charge on any atom is 0.363 e.